The first kappa shape index (κ1) is 20.5. The Labute approximate surface area is 155 Å². The van der Waals surface area contributed by atoms with Gasteiger partial charge < -0.3 is 10.8 Å². The lowest BCUT2D eigenvalue weighted by molar-refractivity contribution is -0.192. The number of fused-ring (bicyclic) bond motifs is 1. The van der Waals surface area contributed by atoms with Crippen molar-refractivity contribution in [2.45, 2.75) is 12.6 Å². The average Bonchev–Trinajstić information content (AvgIpc) is 2.62. The highest BCUT2D eigenvalue weighted by molar-refractivity contribution is 7.21. The van der Waals surface area contributed by atoms with Crippen LogP contribution in [0.2, 0.25) is 0 Å². The number of carboxylic acid groups (broad SMARTS) is 1. The molecule has 0 saturated heterocycles. The maximum atomic E-state index is 12.0. The van der Waals surface area contributed by atoms with E-state index < -0.39 is 12.1 Å². The van der Waals surface area contributed by atoms with Gasteiger partial charge in [-0.1, -0.05) is 18.2 Å². The van der Waals surface area contributed by atoms with E-state index in [4.69, 9.17) is 15.6 Å². The van der Waals surface area contributed by atoms with E-state index in [0.717, 1.165) is 22.5 Å². The van der Waals surface area contributed by atoms with Crippen molar-refractivity contribution in [1.29, 1.82) is 0 Å². The summed E-state index contributed by atoms with van der Waals surface area (Å²) in [5.41, 5.74) is 6.98. The smallest absolute Gasteiger partial charge is 0.475 e. The van der Waals surface area contributed by atoms with Crippen LogP contribution in [0.5, 0.6) is 0 Å². The van der Waals surface area contributed by atoms with Gasteiger partial charge in [-0.25, -0.2) is 4.79 Å². The molecule has 10 heteroatoms. The van der Waals surface area contributed by atoms with Gasteiger partial charge in [0, 0.05) is 16.8 Å². The molecule has 0 fully saturated rings. The van der Waals surface area contributed by atoms with Crippen molar-refractivity contribution in [3.05, 3.63) is 58.5 Å². The van der Waals surface area contributed by atoms with Gasteiger partial charge in [0.1, 0.15) is 5.01 Å². The molecule has 0 aliphatic heterocycles. The van der Waals surface area contributed by atoms with Crippen LogP contribution in [-0.4, -0.2) is 33.8 Å². The SMILES string of the molecule is NCCc1cccc(-c2nc(=O)c3ccccc3s2)n1.O=C(O)C(F)(F)F. The molecule has 3 aromatic rings. The van der Waals surface area contributed by atoms with Crippen molar-refractivity contribution in [2.75, 3.05) is 6.54 Å². The summed E-state index contributed by atoms with van der Waals surface area (Å²) in [5, 5.41) is 8.42. The number of aromatic nitrogens is 2. The van der Waals surface area contributed by atoms with Crippen LogP contribution >= 0.6 is 11.3 Å². The van der Waals surface area contributed by atoms with Crippen LogP contribution in [0.1, 0.15) is 5.69 Å². The third-order valence-electron chi connectivity index (χ3n) is 3.20. The Balaban J connectivity index is 0.000000321. The third-order valence-corrected chi connectivity index (χ3v) is 4.27. The first-order valence-corrected chi connectivity index (χ1v) is 8.40. The monoisotopic (exact) mass is 397 g/mol. The predicted octanol–water partition coefficient (Wildman–Crippen LogP) is 2.85. The molecule has 0 spiro atoms. The quantitative estimate of drug-likeness (QED) is 0.704. The van der Waals surface area contributed by atoms with Gasteiger partial charge in [-0.15, -0.1) is 11.3 Å². The van der Waals surface area contributed by atoms with Gasteiger partial charge in [-0.05, 0) is 30.8 Å². The fraction of sp³-hybridized carbons (Fsp3) is 0.176. The van der Waals surface area contributed by atoms with Crippen molar-refractivity contribution in [1.82, 2.24) is 9.97 Å². The molecule has 0 radical (unpaired) electrons. The molecule has 0 saturated carbocycles. The highest BCUT2D eigenvalue weighted by Crippen LogP contribution is 2.24. The number of rotatable bonds is 3. The molecule has 0 atom stereocenters. The van der Waals surface area contributed by atoms with E-state index in [1.165, 1.54) is 11.3 Å². The van der Waals surface area contributed by atoms with Crippen LogP contribution in [0.15, 0.2) is 47.3 Å². The summed E-state index contributed by atoms with van der Waals surface area (Å²) in [6.45, 7) is 0.553. The second-order valence-corrected chi connectivity index (χ2v) is 6.21. The molecule has 2 aromatic heterocycles. The number of alkyl halides is 3. The average molecular weight is 397 g/mol. The maximum Gasteiger partial charge on any atom is 0.490 e. The first-order chi connectivity index (χ1) is 12.7. The number of hydrogen-bond donors (Lipinski definition) is 2. The molecule has 142 valence electrons. The van der Waals surface area contributed by atoms with Crippen LogP contribution in [0.4, 0.5) is 13.2 Å². The second-order valence-electron chi connectivity index (χ2n) is 5.18. The minimum atomic E-state index is -5.08. The lowest BCUT2D eigenvalue weighted by Gasteiger charge is -2.03. The highest BCUT2D eigenvalue weighted by Gasteiger charge is 2.38. The number of benzene rings is 1. The Morgan fingerprint density at radius 3 is 2.41 bits per heavy atom. The van der Waals surface area contributed by atoms with Gasteiger partial charge in [0.25, 0.3) is 5.56 Å². The summed E-state index contributed by atoms with van der Waals surface area (Å²) in [6, 6.07) is 13.2. The number of carboxylic acids is 1. The fourth-order valence-corrected chi connectivity index (χ4v) is 2.97. The van der Waals surface area contributed by atoms with Crippen molar-refractivity contribution < 1.29 is 23.1 Å². The zero-order valence-electron chi connectivity index (χ0n) is 13.7. The molecule has 0 aliphatic carbocycles. The molecule has 0 unspecified atom stereocenters. The number of halogens is 3. The topological polar surface area (TPSA) is 106 Å². The Morgan fingerprint density at radius 1 is 1.11 bits per heavy atom. The molecule has 1 aromatic carbocycles. The largest absolute Gasteiger partial charge is 0.490 e. The molecule has 0 amide bonds. The van der Waals surface area contributed by atoms with Crippen molar-refractivity contribution >= 4 is 27.4 Å². The molecular formula is C17H14F3N3O3S. The van der Waals surface area contributed by atoms with Crippen LogP contribution in [-0.2, 0) is 11.2 Å². The van der Waals surface area contributed by atoms with Crippen LogP contribution in [0.25, 0.3) is 20.8 Å². The van der Waals surface area contributed by atoms with E-state index in [1.54, 1.807) is 6.07 Å². The third kappa shape index (κ3) is 5.56. The van der Waals surface area contributed by atoms with Gasteiger partial charge in [0.2, 0.25) is 0 Å². The summed E-state index contributed by atoms with van der Waals surface area (Å²) >= 11 is 1.48. The summed E-state index contributed by atoms with van der Waals surface area (Å²) in [5.74, 6) is -2.76. The van der Waals surface area contributed by atoms with Crippen LogP contribution in [0, 0.1) is 0 Å². The number of carbonyl (C=O) groups is 1. The van der Waals surface area contributed by atoms with E-state index in [9.17, 15) is 18.0 Å². The predicted molar refractivity (Wildman–Crippen MR) is 95.6 cm³/mol. The lowest BCUT2D eigenvalue weighted by Crippen LogP contribution is -2.21. The van der Waals surface area contributed by atoms with E-state index in [0.29, 0.717) is 16.9 Å². The standard InChI is InChI=1S/C15H13N3OS.C2HF3O2/c16-9-8-10-4-3-6-12(17-10)15-18-14(19)11-5-1-2-7-13(11)20-15;3-2(4,5)1(6)7/h1-7H,8-9,16H2;(H,6,7). The number of nitrogens with two attached hydrogens (primary N) is 1. The van der Waals surface area contributed by atoms with Crippen molar-refractivity contribution in [3.8, 4) is 10.7 Å². The Bertz CT molecular complexity index is 1010. The van der Waals surface area contributed by atoms with Gasteiger partial charge in [0.15, 0.2) is 0 Å². The summed E-state index contributed by atoms with van der Waals surface area (Å²) in [4.78, 5) is 29.6. The normalized spacial score (nSPS) is 11.0. The number of pyridine rings is 1. The zero-order valence-corrected chi connectivity index (χ0v) is 14.5. The van der Waals surface area contributed by atoms with Gasteiger partial charge >= 0.3 is 12.1 Å². The second kappa shape index (κ2) is 8.69. The number of hydrogen-bond acceptors (Lipinski definition) is 6. The minimum absolute atomic E-state index is 0.208. The van der Waals surface area contributed by atoms with Gasteiger partial charge in [-0.3, -0.25) is 9.78 Å². The van der Waals surface area contributed by atoms with Crippen LogP contribution in [0.3, 0.4) is 0 Å². The molecule has 3 rings (SSSR count). The van der Waals surface area contributed by atoms with Crippen molar-refractivity contribution in [2.24, 2.45) is 5.73 Å². The maximum absolute atomic E-state index is 12.0. The molecule has 27 heavy (non-hydrogen) atoms. The molecule has 6 nitrogen and oxygen atoms in total. The van der Waals surface area contributed by atoms with Crippen LogP contribution < -0.4 is 11.3 Å². The van der Waals surface area contributed by atoms with Crippen molar-refractivity contribution in [3.63, 3.8) is 0 Å². The van der Waals surface area contributed by atoms with Gasteiger partial charge in [0.05, 0.1) is 11.1 Å². The molecule has 0 aliphatic rings. The Hall–Kier alpha value is -2.85. The molecular weight excluding hydrogens is 383 g/mol. The number of aliphatic carboxylic acids is 1. The highest BCUT2D eigenvalue weighted by atomic mass is 32.1. The Morgan fingerprint density at radius 2 is 1.78 bits per heavy atom. The minimum Gasteiger partial charge on any atom is -0.475 e. The van der Waals surface area contributed by atoms with Gasteiger partial charge in [-0.2, -0.15) is 18.2 Å². The molecule has 2 heterocycles. The van der Waals surface area contributed by atoms with E-state index in [1.807, 2.05) is 36.4 Å². The zero-order chi connectivity index (χ0) is 20.0. The first-order valence-electron chi connectivity index (χ1n) is 7.58. The van der Waals surface area contributed by atoms with E-state index >= 15 is 0 Å². The fourth-order valence-electron chi connectivity index (χ4n) is 2.01. The van der Waals surface area contributed by atoms with E-state index in [2.05, 4.69) is 9.97 Å². The summed E-state index contributed by atoms with van der Waals surface area (Å²) in [6.07, 6.45) is -4.36. The molecule has 0 bridgehead atoms. The molecule has 3 N–H and O–H groups in total. The lowest BCUT2D eigenvalue weighted by atomic mass is 10.2. The number of nitrogens with zero attached hydrogens (tertiary/aromatic N) is 2. The van der Waals surface area contributed by atoms with E-state index in [-0.39, 0.29) is 5.56 Å². The Kier molecular flexibility index (Phi) is 6.59. The summed E-state index contributed by atoms with van der Waals surface area (Å²) in [7, 11) is 0. The summed E-state index contributed by atoms with van der Waals surface area (Å²) < 4.78 is 32.7.